The molecule has 1 aliphatic heterocycles. The Kier molecular flexibility index (Phi) is 3.79. The summed E-state index contributed by atoms with van der Waals surface area (Å²) in [5, 5.41) is 0. The van der Waals surface area contributed by atoms with Crippen LogP contribution in [0.1, 0.15) is 0 Å². The van der Waals surface area contributed by atoms with Gasteiger partial charge in [-0.05, 0) is 6.08 Å². The van der Waals surface area contributed by atoms with Gasteiger partial charge in [-0.1, -0.05) is 18.7 Å². The summed E-state index contributed by atoms with van der Waals surface area (Å²) < 4.78 is 37.2. The van der Waals surface area contributed by atoms with Gasteiger partial charge in [-0.25, -0.2) is 0 Å². The molecule has 0 radical (unpaired) electrons. The number of rotatable bonds is 2. The van der Waals surface area contributed by atoms with Gasteiger partial charge in [0.2, 0.25) is 0 Å². The summed E-state index contributed by atoms with van der Waals surface area (Å²) in [7, 11) is 0. The third-order valence-electron chi connectivity index (χ3n) is 1.80. The van der Waals surface area contributed by atoms with Crippen molar-refractivity contribution in [3.8, 4) is 0 Å². The Morgan fingerprint density at radius 2 is 2.07 bits per heavy atom. The molecule has 1 aliphatic rings. The van der Waals surface area contributed by atoms with Crippen LogP contribution in [-0.4, -0.2) is 23.5 Å². The number of alkyl halides is 3. The van der Waals surface area contributed by atoms with E-state index in [0.717, 1.165) is 18.2 Å². The second-order valence-corrected chi connectivity index (χ2v) is 3.93. The zero-order valence-corrected chi connectivity index (χ0v) is 8.62. The minimum Gasteiger partial charge on any atom is -0.294 e. The fourth-order valence-corrected chi connectivity index (χ4v) is 2.03. The summed E-state index contributed by atoms with van der Waals surface area (Å²) in [5.41, 5.74) is -0.603. The van der Waals surface area contributed by atoms with Gasteiger partial charge in [0, 0.05) is 11.3 Å². The third kappa shape index (κ3) is 3.27. The molecule has 0 bridgehead atoms. The third-order valence-corrected chi connectivity index (χ3v) is 2.78. The highest BCUT2D eigenvalue weighted by Crippen LogP contribution is 2.30. The maximum Gasteiger partial charge on any atom is 0.416 e. The van der Waals surface area contributed by atoms with Crippen molar-refractivity contribution in [2.75, 3.05) is 11.5 Å². The molecule has 0 aromatic heterocycles. The van der Waals surface area contributed by atoms with Crippen LogP contribution in [0.15, 0.2) is 36.0 Å². The van der Waals surface area contributed by atoms with Gasteiger partial charge >= 0.3 is 6.18 Å². The first-order valence-corrected chi connectivity index (χ1v) is 5.32. The van der Waals surface area contributed by atoms with Gasteiger partial charge in [0.15, 0.2) is 5.78 Å². The number of halogens is 3. The first-order valence-electron chi connectivity index (χ1n) is 4.16. The molecular weight excluding hydrogens is 225 g/mol. The van der Waals surface area contributed by atoms with Crippen molar-refractivity contribution in [2.45, 2.75) is 6.18 Å². The van der Waals surface area contributed by atoms with Crippen LogP contribution in [0.2, 0.25) is 0 Å². The normalized spacial score (nSPS) is 21.1. The smallest absolute Gasteiger partial charge is 0.294 e. The molecule has 1 heterocycles. The second-order valence-electron chi connectivity index (χ2n) is 2.94. The van der Waals surface area contributed by atoms with Crippen molar-refractivity contribution in [3.05, 3.63) is 36.0 Å². The zero-order valence-electron chi connectivity index (χ0n) is 7.80. The number of thioether (sulfide) groups is 1. The molecule has 0 atom stereocenters. The number of carbonyl (C=O) groups is 1. The molecule has 5 heteroatoms. The maximum absolute atomic E-state index is 12.4. The molecule has 1 fully saturated rings. The van der Waals surface area contributed by atoms with Crippen LogP contribution < -0.4 is 0 Å². The summed E-state index contributed by atoms with van der Waals surface area (Å²) in [6.07, 6.45) is -1.60. The van der Waals surface area contributed by atoms with Gasteiger partial charge in [-0.15, -0.1) is 11.8 Å². The number of hydrogen-bond donors (Lipinski definition) is 0. The number of allylic oxidation sites excluding steroid dienone is 4. The van der Waals surface area contributed by atoms with Crippen molar-refractivity contribution in [2.24, 2.45) is 0 Å². The molecule has 1 nitrogen and oxygen atoms in total. The Balaban J connectivity index is 2.98. The molecule has 82 valence electrons. The molecule has 0 spiro atoms. The summed E-state index contributed by atoms with van der Waals surface area (Å²) in [6, 6.07) is 0. The van der Waals surface area contributed by atoms with Crippen molar-refractivity contribution in [1.29, 1.82) is 0 Å². The monoisotopic (exact) mass is 234 g/mol. The van der Waals surface area contributed by atoms with Crippen LogP contribution in [0.25, 0.3) is 0 Å². The largest absolute Gasteiger partial charge is 0.416 e. The van der Waals surface area contributed by atoms with E-state index in [1.807, 2.05) is 0 Å². The van der Waals surface area contributed by atoms with Crippen molar-refractivity contribution < 1.29 is 18.0 Å². The van der Waals surface area contributed by atoms with Crippen molar-refractivity contribution in [3.63, 3.8) is 0 Å². The lowest BCUT2D eigenvalue weighted by molar-refractivity contribution is -0.112. The lowest BCUT2D eigenvalue weighted by Gasteiger charge is -2.07. The molecule has 0 unspecified atom stereocenters. The number of hydrogen-bond acceptors (Lipinski definition) is 2. The molecule has 0 aliphatic carbocycles. The minimum absolute atomic E-state index is 0.223. The number of ketones is 1. The van der Waals surface area contributed by atoms with E-state index in [1.54, 1.807) is 0 Å². The lowest BCUT2D eigenvalue weighted by Crippen LogP contribution is -2.11. The second kappa shape index (κ2) is 4.70. The summed E-state index contributed by atoms with van der Waals surface area (Å²) in [6.45, 7) is 3.21. The molecule has 1 saturated heterocycles. The van der Waals surface area contributed by atoms with Gasteiger partial charge in [0.05, 0.1) is 11.3 Å². The molecule has 1 rings (SSSR count). The topological polar surface area (TPSA) is 17.1 Å². The Hall–Kier alpha value is -0.970. The molecule has 15 heavy (non-hydrogen) atoms. The molecule has 0 amide bonds. The SMILES string of the molecule is C=C/C=C(\C=C1/CSCC1=O)C(F)(F)F. The molecule has 0 N–H and O–H groups in total. The summed E-state index contributed by atoms with van der Waals surface area (Å²) in [5.74, 6) is 0.397. The van der Waals surface area contributed by atoms with E-state index in [4.69, 9.17) is 0 Å². The molecular formula is C10H9F3OS. The average Bonchev–Trinajstić information content (AvgIpc) is 2.49. The Labute approximate surface area is 89.7 Å². The van der Waals surface area contributed by atoms with Crippen LogP contribution in [0.5, 0.6) is 0 Å². The van der Waals surface area contributed by atoms with E-state index in [-0.39, 0.29) is 17.1 Å². The molecule has 0 saturated carbocycles. The number of Topliss-reactive ketones (excluding diaryl/α,β-unsaturated/α-hetero) is 1. The van der Waals surface area contributed by atoms with Crippen LogP contribution >= 0.6 is 11.8 Å². The zero-order chi connectivity index (χ0) is 11.5. The van der Waals surface area contributed by atoms with Crippen LogP contribution in [0, 0.1) is 0 Å². The fraction of sp³-hybridized carbons (Fsp3) is 0.300. The Morgan fingerprint density at radius 3 is 2.47 bits per heavy atom. The van der Waals surface area contributed by atoms with Gasteiger partial charge in [-0.2, -0.15) is 13.2 Å². The van der Waals surface area contributed by atoms with Crippen LogP contribution in [-0.2, 0) is 4.79 Å². The van der Waals surface area contributed by atoms with Crippen molar-refractivity contribution >= 4 is 17.5 Å². The Bertz CT molecular complexity index is 339. The maximum atomic E-state index is 12.4. The number of carbonyl (C=O) groups excluding carboxylic acids is 1. The molecule has 0 aromatic rings. The predicted molar refractivity (Wildman–Crippen MR) is 54.8 cm³/mol. The summed E-state index contributed by atoms with van der Waals surface area (Å²) in [4.78, 5) is 11.1. The Morgan fingerprint density at radius 1 is 1.40 bits per heavy atom. The van der Waals surface area contributed by atoms with Crippen molar-refractivity contribution in [1.82, 2.24) is 0 Å². The minimum atomic E-state index is -4.44. The van der Waals surface area contributed by atoms with Gasteiger partial charge in [0.25, 0.3) is 0 Å². The fourth-order valence-electron chi connectivity index (χ4n) is 1.09. The van der Waals surface area contributed by atoms with Gasteiger partial charge < -0.3 is 0 Å². The van der Waals surface area contributed by atoms with E-state index in [1.165, 1.54) is 11.8 Å². The highest BCUT2D eigenvalue weighted by molar-refractivity contribution is 8.00. The van der Waals surface area contributed by atoms with Gasteiger partial charge in [0.1, 0.15) is 0 Å². The first-order chi connectivity index (χ1) is 6.95. The van der Waals surface area contributed by atoms with E-state index in [0.29, 0.717) is 5.75 Å². The first kappa shape index (κ1) is 12.1. The van der Waals surface area contributed by atoms with Gasteiger partial charge in [-0.3, -0.25) is 4.79 Å². The highest BCUT2D eigenvalue weighted by atomic mass is 32.2. The van der Waals surface area contributed by atoms with E-state index in [2.05, 4.69) is 6.58 Å². The summed E-state index contributed by atoms with van der Waals surface area (Å²) >= 11 is 1.32. The van der Waals surface area contributed by atoms with E-state index in [9.17, 15) is 18.0 Å². The van der Waals surface area contributed by atoms with E-state index < -0.39 is 11.7 Å². The standard InChI is InChI=1S/C10H9F3OS/c1-2-3-8(10(11,12)13)4-7-5-15-6-9(7)14/h2-4H,1,5-6H2/b7-4+,8-3+. The average molecular weight is 234 g/mol. The van der Waals surface area contributed by atoms with Crippen LogP contribution in [0.4, 0.5) is 13.2 Å². The predicted octanol–water partition coefficient (Wildman–Crippen LogP) is 2.90. The molecule has 0 aromatic carbocycles. The van der Waals surface area contributed by atoms with Crippen LogP contribution in [0.3, 0.4) is 0 Å². The highest BCUT2D eigenvalue weighted by Gasteiger charge is 2.33. The lowest BCUT2D eigenvalue weighted by atomic mass is 10.1. The quantitative estimate of drug-likeness (QED) is 0.540. The van der Waals surface area contributed by atoms with E-state index >= 15 is 0 Å².